The Morgan fingerprint density at radius 1 is 1.20 bits per heavy atom. The third-order valence-corrected chi connectivity index (χ3v) is 4.80. The number of sulfonamides is 1. The summed E-state index contributed by atoms with van der Waals surface area (Å²) in [4.78, 5) is 2.23. The molecule has 0 radical (unpaired) electrons. The molecule has 1 aromatic rings. The maximum absolute atomic E-state index is 12.1. The third-order valence-electron chi connectivity index (χ3n) is 2.92. The topological polar surface area (TPSA) is 78.7 Å². The lowest BCUT2D eigenvalue weighted by molar-refractivity contribution is 0.405. The molecule has 114 valence electrons. The zero-order valence-electron chi connectivity index (χ0n) is 12.5. The van der Waals surface area contributed by atoms with Crippen molar-refractivity contribution in [2.24, 2.45) is 0 Å². The van der Waals surface area contributed by atoms with Crippen LogP contribution in [0.1, 0.15) is 6.42 Å². The summed E-state index contributed by atoms with van der Waals surface area (Å²) in [5.41, 5.74) is 6.90. The largest absolute Gasteiger partial charge is 0.396 e. The predicted octanol–water partition coefficient (Wildman–Crippen LogP) is 0.883. The number of nitrogens with zero attached hydrogens (tertiary/aromatic N) is 2. The van der Waals surface area contributed by atoms with Gasteiger partial charge in [-0.25, -0.2) is 12.7 Å². The molecule has 0 aliphatic heterocycles. The Balaban J connectivity index is 2.86. The fourth-order valence-electron chi connectivity index (χ4n) is 1.74. The van der Waals surface area contributed by atoms with Crippen molar-refractivity contribution in [1.82, 2.24) is 9.21 Å². The summed E-state index contributed by atoms with van der Waals surface area (Å²) in [5, 5.41) is 3.19. The van der Waals surface area contributed by atoms with Gasteiger partial charge >= 0.3 is 0 Å². The van der Waals surface area contributed by atoms with E-state index in [2.05, 4.69) is 10.2 Å². The van der Waals surface area contributed by atoms with E-state index in [1.807, 2.05) is 14.1 Å². The van der Waals surface area contributed by atoms with Gasteiger partial charge in [-0.3, -0.25) is 0 Å². The highest BCUT2D eigenvalue weighted by Crippen LogP contribution is 2.28. The van der Waals surface area contributed by atoms with Crippen LogP contribution in [0.5, 0.6) is 0 Å². The van der Waals surface area contributed by atoms with Crippen LogP contribution in [0.4, 0.5) is 11.4 Å². The van der Waals surface area contributed by atoms with Gasteiger partial charge in [0.05, 0.1) is 11.4 Å². The number of nitrogens with two attached hydrogens (primary N) is 1. The van der Waals surface area contributed by atoms with Crippen molar-refractivity contribution >= 4 is 21.4 Å². The Morgan fingerprint density at radius 2 is 1.85 bits per heavy atom. The Hall–Kier alpha value is -1.31. The lowest BCUT2D eigenvalue weighted by Crippen LogP contribution is -2.23. The lowest BCUT2D eigenvalue weighted by Gasteiger charge is -2.17. The summed E-state index contributed by atoms with van der Waals surface area (Å²) in [6.45, 7) is 1.70. The molecule has 0 fully saturated rings. The van der Waals surface area contributed by atoms with Crippen molar-refractivity contribution in [3.05, 3.63) is 18.2 Å². The summed E-state index contributed by atoms with van der Waals surface area (Å²) in [5.74, 6) is 0. The quantitative estimate of drug-likeness (QED) is 0.577. The van der Waals surface area contributed by atoms with Gasteiger partial charge in [-0.15, -0.1) is 0 Å². The van der Waals surface area contributed by atoms with E-state index in [0.29, 0.717) is 5.69 Å². The fraction of sp³-hybridized carbons (Fsp3) is 0.538. The van der Waals surface area contributed by atoms with Crippen LogP contribution in [-0.4, -0.2) is 58.9 Å². The molecule has 0 saturated carbocycles. The van der Waals surface area contributed by atoms with Gasteiger partial charge in [0.2, 0.25) is 10.0 Å². The van der Waals surface area contributed by atoms with Crippen LogP contribution < -0.4 is 11.1 Å². The van der Waals surface area contributed by atoms with Crippen molar-refractivity contribution in [3.8, 4) is 0 Å². The Bertz CT molecular complexity index is 541. The van der Waals surface area contributed by atoms with Gasteiger partial charge in [-0.1, -0.05) is 6.07 Å². The minimum Gasteiger partial charge on any atom is -0.396 e. The number of anilines is 2. The second-order valence-electron chi connectivity index (χ2n) is 5.09. The molecule has 0 atom stereocenters. The standard InChI is InChI=1S/C13H24N4O2S/c1-16(2)10-6-9-15-11-7-5-8-12(13(11)14)20(18,19)17(3)4/h5,7-8,15H,6,9-10,14H2,1-4H3. The first-order valence-electron chi connectivity index (χ1n) is 6.46. The molecule has 6 nitrogen and oxygen atoms in total. The molecule has 0 heterocycles. The molecule has 3 N–H and O–H groups in total. The first kappa shape index (κ1) is 16.7. The second kappa shape index (κ2) is 6.92. The highest BCUT2D eigenvalue weighted by atomic mass is 32.2. The maximum atomic E-state index is 12.1. The molecular formula is C13H24N4O2S. The summed E-state index contributed by atoms with van der Waals surface area (Å²) in [7, 11) is 3.50. The van der Waals surface area contributed by atoms with Gasteiger partial charge in [0.15, 0.2) is 0 Å². The summed E-state index contributed by atoms with van der Waals surface area (Å²) in [6, 6.07) is 5.01. The van der Waals surface area contributed by atoms with Gasteiger partial charge in [-0.2, -0.15) is 0 Å². The van der Waals surface area contributed by atoms with Crippen LogP contribution in [0.15, 0.2) is 23.1 Å². The number of hydrogen-bond acceptors (Lipinski definition) is 5. The first-order valence-corrected chi connectivity index (χ1v) is 7.90. The molecule has 0 saturated heterocycles. The zero-order chi connectivity index (χ0) is 15.3. The van der Waals surface area contributed by atoms with Crippen molar-refractivity contribution in [2.45, 2.75) is 11.3 Å². The first-order chi connectivity index (χ1) is 9.26. The number of benzene rings is 1. The van der Waals surface area contributed by atoms with Crippen molar-refractivity contribution in [1.29, 1.82) is 0 Å². The van der Waals surface area contributed by atoms with E-state index < -0.39 is 10.0 Å². The number of nitrogen functional groups attached to an aromatic ring is 1. The minimum atomic E-state index is -3.51. The van der Waals surface area contributed by atoms with E-state index in [-0.39, 0.29) is 10.6 Å². The predicted molar refractivity (Wildman–Crippen MR) is 83.4 cm³/mol. The van der Waals surface area contributed by atoms with Crippen molar-refractivity contribution < 1.29 is 8.42 Å². The van der Waals surface area contributed by atoms with Crippen LogP contribution in [0.3, 0.4) is 0 Å². The zero-order valence-corrected chi connectivity index (χ0v) is 13.4. The third kappa shape index (κ3) is 4.09. The van der Waals surface area contributed by atoms with Gasteiger partial charge in [0.25, 0.3) is 0 Å². The summed E-state index contributed by atoms with van der Waals surface area (Å²) < 4.78 is 25.4. The molecule has 0 aliphatic carbocycles. The second-order valence-corrected chi connectivity index (χ2v) is 7.21. The fourth-order valence-corrected chi connectivity index (χ4v) is 2.77. The van der Waals surface area contributed by atoms with Crippen molar-refractivity contribution in [3.63, 3.8) is 0 Å². The average Bonchev–Trinajstić information content (AvgIpc) is 2.35. The van der Waals surface area contributed by atoms with E-state index >= 15 is 0 Å². The average molecular weight is 300 g/mol. The van der Waals surface area contributed by atoms with Crippen LogP contribution in [0.25, 0.3) is 0 Å². The van der Waals surface area contributed by atoms with Gasteiger partial charge in [0.1, 0.15) is 4.90 Å². The van der Waals surface area contributed by atoms with Gasteiger partial charge in [0, 0.05) is 20.6 Å². The van der Waals surface area contributed by atoms with Crippen LogP contribution in [-0.2, 0) is 10.0 Å². The highest BCUT2D eigenvalue weighted by molar-refractivity contribution is 7.89. The van der Waals surface area contributed by atoms with E-state index in [1.165, 1.54) is 20.2 Å². The van der Waals surface area contributed by atoms with Crippen LogP contribution in [0.2, 0.25) is 0 Å². The van der Waals surface area contributed by atoms with Gasteiger partial charge in [-0.05, 0) is 39.2 Å². The Morgan fingerprint density at radius 3 is 2.40 bits per heavy atom. The Kier molecular flexibility index (Phi) is 5.79. The monoisotopic (exact) mass is 300 g/mol. The number of nitrogens with one attached hydrogen (secondary N) is 1. The maximum Gasteiger partial charge on any atom is 0.244 e. The molecule has 1 rings (SSSR count). The van der Waals surface area contributed by atoms with Crippen LogP contribution >= 0.6 is 0 Å². The molecule has 0 bridgehead atoms. The molecule has 0 aliphatic rings. The minimum absolute atomic E-state index is 0.139. The summed E-state index contributed by atoms with van der Waals surface area (Å²) in [6.07, 6.45) is 0.955. The van der Waals surface area contributed by atoms with E-state index in [0.717, 1.165) is 23.8 Å². The van der Waals surface area contributed by atoms with E-state index in [4.69, 9.17) is 5.73 Å². The smallest absolute Gasteiger partial charge is 0.244 e. The van der Waals surface area contributed by atoms with E-state index in [1.54, 1.807) is 12.1 Å². The molecule has 1 aromatic carbocycles. The van der Waals surface area contributed by atoms with Crippen molar-refractivity contribution in [2.75, 3.05) is 52.3 Å². The number of para-hydroxylation sites is 1. The summed E-state index contributed by atoms with van der Waals surface area (Å²) >= 11 is 0. The SMILES string of the molecule is CN(C)CCCNc1cccc(S(=O)(=O)N(C)C)c1N. The molecule has 20 heavy (non-hydrogen) atoms. The molecule has 0 spiro atoms. The number of rotatable bonds is 7. The van der Waals surface area contributed by atoms with Crippen LogP contribution in [0, 0.1) is 0 Å². The molecule has 0 unspecified atom stereocenters. The molecule has 0 amide bonds. The highest BCUT2D eigenvalue weighted by Gasteiger charge is 2.21. The number of hydrogen-bond donors (Lipinski definition) is 2. The normalized spacial score (nSPS) is 12.1. The lowest BCUT2D eigenvalue weighted by atomic mass is 10.2. The molecule has 0 aromatic heterocycles. The Labute approximate surface area is 121 Å². The molecule has 7 heteroatoms. The van der Waals surface area contributed by atoms with E-state index in [9.17, 15) is 8.42 Å². The van der Waals surface area contributed by atoms with Gasteiger partial charge < -0.3 is 16.0 Å². The molecular weight excluding hydrogens is 276 g/mol.